The van der Waals surface area contributed by atoms with Gasteiger partial charge in [-0.1, -0.05) is 24.3 Å². The zero-order valence-corrected chi connectivity index (χ0v) is 18.1. The van der Waals surface area contributed by atoms with Crippen molar-refractivity contribution in [2.45, 2.75) is 12.8 Å². The maximum Gasteiger partial charge on any atom is 0.137 e. The highest BCUT2D eigenvalue weighted by atomic mass is 16.5. The summed E-state index contributed by atoms with van der Waals surface area (Å²) < 4.78 is 10.6. The molecule has 1 aliphatic rings. The van der Waals surface area contributed by atoms with E-state index < -0.39 is 0 Å². The number of rotatable bonds is 6. The van der Waals surface area contributed by atoms with Crippen LogP contribution in [0.25, 0.3) is 39.6 Å². The van der Waals surface area contributed by atoms with Gasteiger partial charge >= 0.3 is 0 Å². The number of imidazole rings is 2. The van der Waals surface area contributed by atoms with Crippen molar-refractivity contribution in [2.24, 2.45) is 0 Å². The van der Waals surface area contributed by atoms with Crippen molar-refractivity contribution >= 4 is 5.57 Å². The molecule has 0 fully saturated rings. The topological polar surface area (TPSA) is 75.8 Å². The SMILES string of the molecule is COC1=CC=C(c2cnc(-c3cccc(-c4ncc(-c5ccc(OC)cc5)[nH]4)c3)[nH]2)CC1. The maximum absolute atomic E-state index is 5.32. The first kappa shape index (κ1) is 19.9. The van der Waals surface area contributed by atoms with Gasteiger partial charge in [0, 0.05) is 17.5 Å². The summed E-state index contributed by atoms with van der Waals surface area (Å²) in [6.07, 6.45) is 9.71. The van der Waals surface area contributed by atoms with Crippen molar-refractivity contribution in [3.05, 3.63) is 84.5 Å². The minimum atomic E-state index is 0.816. The highest BCUT2D eigenvalue weighted by Crippen LogP contribution is 2.29. The summed E-state index contributed by atoms with van der Waals surface area (Å²) in [5.41, 5.74) is 6.31. The first-order valence-electron chi connectivity index (χ1n) is 10.5. The second-order valence-corrected chi connectivity index (χ2v) is 7.63. The zero-order valence-electron chi connectivity index (χ0n) is 18.1. The standard InChI is InChI=1S/C26H24N4O2/c1-31-21-10-6-17(7-11-21)23-15-27-25(29-23)19-4-3-5-20(14-19)26-28-16-24(30-26)18-8-12-22(32-2)13-9-18/h3-8,10-12,14-16H,9,13H2,1-2H3,(H,27,29)(H,28,30). The molecule has 5 rings (SSSR count). The monoisotopic (exact) mass is 424 g/mol. The summed E-state index contributed by atoms with van der Waals surface area (Å²) >= 11 is 0. The molecule has 6 heteroatoms. The highest BCUT2D eigenvalue weighted by Gasteiger charge is 2.13. The third-order valence-electron chi connectivity index (χ3n) is 5.68. The lowest BCUT2D eigenvalue weighted by molar-refractivity contribution is 0.277. The Bertz CT molecular complexity index is 1300. The van der Waals surface area contributed by atoms with Crippen LogP contribution in [0.5, 0.6) is 5.75 Å². The van der Waals surface area contributed by atoms with E-state index in [1.165, 1.54) is 5.57 Å². The number of aromatic amines is 2. The van der Waals surface area contributed by atoms with E-state index in [4.69, 9.17) is 9.47 Å². The molecule has 2 aromatic heterocycles. The van der Waals surface area contributed by atoms with Gasteiger partial charge in [0.15, 0.2) is 0 Å². The molecule has 0 aliphatic heterocycles. The van der Waals surface area contributed by atoms with Gasteiger partial charge in [-0.15, -0.1) is 0 Å². The third-order valence-corrected chi connectivity index (χ3v) is 5.68. The van der Waals surface area contributed by atoms with Crippen molar-refractivity contribution < 1.29 is 9.47 Å². The summed E-state index contributed by atoms with van der Waals surface area (Å²) in [5, 5.41) is 0. The van der Waals surface area contributed by atoms with E-state index in [0.29, 0.717) is 0 Å². The number of H-pyrrole nitrogens is 2. The van der Waals surface area contributed by atoms with Crippen LogP contribution in [-0.2, 0) is 4.74 Å². The van der Waals surface area contributed by atoms with Crippen LogP contribution in [0, 0.1) is 0 Å². The summed E-state index contributed by atoms with van der Waals surface area (Å²) in [6.45, 7) is 0. The lowest BCUT2D eigenvalue weighted by atomic mass is 10.0. The van der Waals surface area contributed by atoms with Crippen LogP contribution in [-0.4, -0.2) is 34.2 Å². The molecule has 0 unspecified atom stereocenters. The molecule has 2 heterocycles. The van der Waals surface area contributed by atoms with Crippen molar-refractivity contribution in [1.29, 1.82) is 0 Å². The Morgan fingerprint density at radius 2 is 1.41 bits per heavy atom. The van der Waals surface area contributed by atoms with Crippen LogP contribution in [0.2, 0.25) is 0 Å². The van der Waals surface area contributed by atoms with E-state index in [0.717, 1.165) is 64.1 Å². The Kier molecular flexibility index (Phi) is 5.34. The van der Waals surface area contributed by atoms with Crippen LogP contribution >= 0.6 is 0 Å². The molecular weight excluding hydrogens is 400 g/mol. The smallest absolute Gasteiger partial charge is 0.137 e. The van der Waals surface area contributed by atoms with Gasteiger partial charge in [0.25, 0.3) is 0 Å². The van der Waals surface area contributed by atoms with Crippen molar-refractivity contribution in [1.82, 2.24) is 19.9 Å². The number of benzene rings is 2. The molecule has 6 nitrogen and oxygen atoms in total. The Balaban J connectivity index is 1.39. The molecular formula is C26H24N4O2. The van der Waals surface area contributed by atoms with Gasteiger partial charge in [-0.25, -0.2) is 9.97 Å². The molecule has 0 bridgehead atoms. The lowest BCUT2D eigenvalue weighted by Gasteiger charge is -2.12. The molecule has 1 aliphatic carbocycles. The van der Waals surface area contributed by atoms with Gasteiger partial charge in [-0.3, -0.25) is 0 Å². The van der Waals surface area contributed by atoms with E-state index in [-0.39, 0.29) is 0 Å². The molecule has 0 amide bonds. The minimum absolute atomic E-state index is 0.816. The molecule has 2 aromatic carbocycles. The Morgan fingerprint density at radius 1 is 0.719 bits per heavy atom. The normalized spacial score (nSPS) is 13.4. The summed E-state index contributed by atoms with van der Waals surface area (Å²) in [5.74, 6) is 3.50. The fourth-order valence-electron chi connectivity index (χ4n) is 3.84. The predicted molar refractivity (Wildman–Crippen MR) is 126 cm³/mol. The number of nitrogens with zero attached hydrogens (tertiary/aromatic N) is 2. The van der Waals surface area contributed by atoms with Crippen LogP contribution < -0.4 is 4.74 Å². The zero-order chi connectivity index (χ0) is 21.9. The number of hydrogen-bond acceptors (Lipinski definition) is 4. The van der Waals surface area contributed by atoms with Crippen molar-refractivity contribution in [3.8, 4) is 39.8 Å². The minimum Gasteiger partial charge on any atom is -0.501 e. The largest absolute Gasteiger partial charge is 0.501 e. The summed E-state index contributed by atoms with van der Waals surface area (Å²) in [4.78, 5) is 16.1. The summed E-state index contributed by atoms with van der Waals surface area (Å²) in [7, 11) is 3.38. The van der Waals surface area contributed by atoms with Gasteiger partial charge in [0.1, 0.15) is 17.4 Å². The van der Waals surface area contributed by atoms with Crippen LogP contribution in [0.15, 0.2) is 78.8 Å². The molecule has 32 heavy (non-hydrogen) atoms. The van der Waals surface area contributed by atoms with Gasteiger partial charge in [0.2, 0.25) is 0 Å². The number of hydrogen-bond donors (Lipinski definition) is 2. The van der Waals surface area contributed by atoms with Crippen molar-refractivity contribution in [2.75, 3.05) is 14.2 Å². The van der Waals surface area contributed by atoms with E-state index in [1.807, 2.05) is 54.9 Å². The first-order chi connectivity index (χ1) is 15.7. The average Bonchev–Trinajstić information content (AvgIpc) is 3.55. The number of ether oxygens (including phenoxy) is 2. The molecule has 2 N–H and O–H groups in total. The lowest BCUT2D eigenvalue weighted by Crippen LogP contribution is -1.95. The number of nitrogens with one attached hydrogen (secondary N) is 2. The second kappa shape index (κ2) is 8.59. The van der Waals surface area contributed by atoms with E-state index in [1.54, 1.807) is 14.2 Å². The molecule has 0 saturated heterocycles. The quantitative estimate of drug-likeness (QED) is 0.407. The fraction of sp³-hybridized carbons (Fsp3) is 0.154. The number of allylic oxidation sites excluding steroid dienone is 4. The van der Waals surface area contributed by atoms with Crippen molar-refractivity contribution in [3.63, 3.8) is 0 Å². The van der Waals surface area contributed by atoms with Crippen LogP contribution in [0.4, 0.5) is 0 Å². The first-order valence-corrected chi connectivity index (χ1v) is 10.5. The van der Waals surface area contributed by atoms with Gasteiger partial charge in [-0.05, 0) is 54.0 Å². The molecule has 160 valence electrons. The van der Waals surface area contributed by atoms with Gasteiger partial charge in [-0.2, -0.15) is 0 Å². The highest BCUT2D eigenvalue weighted by molar-refractivity contribution is 5.71. The third kappa shape index (κ3) is 3.95. The number of methoxy groups -OCH3 is 2. The van der Waals surface area contributed by atoms with E-state index >= 15 is 0 Å². The number of aromatic nitrogens is 4. The molecule has 0 radical (unpaired) electrons. The fourth-order valence-corrected chi connectivity index (χ4v) is 3.84. The Morgan fingerprint density at radius 3 is 2.03 bits per heavy atom. The van der Waals surface area contributed by atoms with Gasteiger partial charge in [0.05, 0.1) is 43.8 Å². The van der Waals surface area contributed by atoms with E-state index in [2.05, 4.69) is 38.1 Å². The Labute approximate surface area is 186 Å². The van der Waals surface area contributed by atoms with Gasteiger partial charge < -0.3 is 19.4 Å². The second-order valence-electron chi connectivity index (χ2n) is 7.63. The maximum atomic E-state index is 5.32. The molecule has 0 saturated carbocycles. The van der Waals surface area contributed by atoms with Crippen LogP contribution in [0.1, 0.15) is 18.5 Å². The Hall–Kier alpha value is -4.06. The molecule has 0 spiro atoms. The molecule has 0 atom stereocenters. The van der Waals surface area contributed by atoms with E-state index in [9.17, 15) is 0 Å². The predicted octanol–water partition coefficient (Wildman–Crippen LogP) is 5.85. The summed E-state index contributed by atoms with van der Waals surface area (Å²) in [6, 6.07) is 16.1. The van der Waals surface area contributed by atoms with Crippen LogP contribution in [0.3, 0.4) is 0 Å². The average molecular weight is 425 g/mol. The molecule has 4 aromatic rings.